The molecule has 9 heteroatoms. The highest BCUT2D eigenvalue weighted by molar-refractivity contribution is 9.10. The summed E-state index contributed by atoms with van der Waals surface area (Å²) in [5.41, 5.74) is 0.179. The Balaban J connectivity index is 2.25. The smallest absolute Gasteiger partial charge is 0.294 e. The number of hydrogen-bond donors (Lipinski definition) is 0. The largest absolute Gasteiger partial charge is 0.352 e. The average molecular weight is 427 g/mol. The Morgan fingerprint density at radius 1 is 1.11 bits per heavy atom. The molecular formula is C18H11BrN4O4. The van der Waals surface area contributed by atoms with Crippen LogP contribution in [-0.2, 0) is 7.05 Å². The van der Waals surface area contributed by atoms with Gasteiger partial charge in [-0.2, -0.15) is 4.98 Å². The van der Waals surface area contributed by atoms with Crippen molar-refractivity contribution < 1.29 is 4.92 Å². The fourth-order valence-corrected chi connectivity index (χ4v) is 3.39. The molecule has 0 saturated heterocycles. The summed E-state index contributed by atoms with van der Waals surface area (Å²) >= 11 is 3.41. The molecule has 0 unspecified atom stereocenters. The second-order valence-electron chi connectivity index (χ2n) is 5.96. The maximum atomic E-state index is 12.6. The summed E-state index contributed by atoms with van der Waals surface area (Å²) in [6.07, 6.45) is 0. The molecule has 27 heavy (non-hydrogen) atoms. The lowest BCUT2D eigenvalue weighted by Gasteiger charge is -2.18. The molecule has 2 heterocycles. The van der Waals surface area contributed by atoms with E-state index in [9.17, 15) is 19.7 Å². The molecule has 0 N–H and O–H groups in total. The van der Waals surface area contributed by atoms with E-state index in [1.807, 2.05) is 18.2 Å². The summed E-state index contributed by atoms with van der Waals surface area (Å²) in [5.74, 6) is 0.197. The number of nitro groups is 1. The summed E-state index contributed by atoms with van der Waals surface area (Å²) in [5, 5.41) is 11.6. The number of pyridine rings is 1. The maximum absolute atomic E-state index is 12.6. The number of nitro benzene ring substituents is 1. The minimum atomic E-state index is -0.669. The summed E-state index contributed by atoms with van der Waals surface area (Å²) in [6, 6.07) is 13.1. The van der Waals surface area contributed by atoms with Gasteiger partial charge in [0.15, 0.2) is 5.82 Å². The van der Waals surface area contributed by atoms with E-state index in [4.69, 9.17) is 0 Å². The average Bonchev–Trinajstić information content (AvgIpc) is 2.64. The normalized spacial score (nSPS) is 11.2. The standard InChI is InChI=1S/C18H11BrN4O4/c1-21-17(24)14-8-10-7-13(23(26)27)5-6-15(10)22(16(14)20-18(21)25)12-4-2-3-11(19)9-12/h2-9H,1H3. The number of benzene rings is 2. The molecule has 2 aliphatic rings. The van der Waals surface area contributed by atoms with Gasteiger partial charge >= 0.3 is 5.69 Å². The molecule has 4 rings (SSSR count). The number of non-ortho nitro benzene ring substituents is 1. The van der Waals surface area contributed by atoms with Crippen LogP contribution in [0, 0.1) is 10.1 Å². The third-order valence-corrected chi connectivity index (χ3v) is 4.80. The van der Waals surface area contributed by atoms with E-state index in [0.29, 0.717) is 16.6 Å². The van der Waals surface area contributed by atoms with Crippen LogP contribution >= 0.6 is 15.9 Å². The highest BCUT2D eigenvalue weighted by Crippen LogP contribution is 2.30. The van der Waals surface area contributed by atoms with E-state index in [1.54, 1.807) is 16.7 Å². The first-order chi connectivity index (χ1) is 12.9. The molecule has 0 radical (unpaired) electrons. The first-order valence-electron chi connectivity index (χ1n) is 7.84. The zero-order valence-corrected chi connectivity index (χ0v) is 15.5. The van der Waals surface area contributed by atoms with Crippen molar-refractivity contribution in [3.8, 4) is 17.1 Å². The number of aromatic nitrogens is 3. The van der Waals surface area contributed by atoms with Crippen molar-refractivity contribution in [3.63, 3.8) is 0 Å². The topological polar surface area (TPSA) is 100 Å². The predicted octanol–water partition coefficient (Wildman–Crippen LogP) is 2.86. The molecule has 2 aromatic carbocycles. The Morgan fingerprint density at radius 3 is 2.59 bits per heavy atom. The SMILES string of the molecule is Cn1c(=O)nc2n(-c3cccc(Br)c3)c3ccc([N+](=O)[O-])cc3cc-2c1=O. The second-order valence-corrected chi connectivity index (χ2v) is 6.87. The predicted molar refractivity (Wildman–Crippen MR) is 104 cm³/mol. The lowest BCUT2D eigenvalue weighted by Crippen LogP contribution is -2.35. The van der Waals surface area contributed by atoms with Gasteiger partial charge in [0.25, 0.3) is 11.2 Å². The lowest BCUT2D eigenvalue weighted by molar-refractivity contribution is -0.384. The molecule has 0 saturated carbocycles. The number of hydrogen-bond acceptors (Lipinski definition) is 5. The first-order valence-corrected chi connectivity index (χ1v) is 8.63. The fourth-order valence-electron chi connectivity index (χ4n) is 3.01. The van der Waals surface area contributed by atoms with Crippen molar-refractivity contribution in [3.05, 3.63) is 84.0 Å². The molecule has 134 valence electrons. The minimum Gasteiger partial charge on any atom is -0.294 e. The van der Waals surface area contributed by atoms with Crippen molar-refractivity contribution in [2.24, 2.45) is 7.05 Å². The van der Waals surface area contributed by atoms with Crippen molar-refractivity contribution in [2.45, 2.75) is 0 Å². The summed E-state index contributed by atoms with van der Waals surface area (Å²) < 4.78 is 3.37. The summed E-state index contributed by atoms with van der Waals surface area (Å²) in [6.45, 7) is 0. The van der Waals surface area contributed by atoms with Gasteiger partial charge in [-0.05, 0) is 30.3 Å². The highest BCUT2D eigenvalue weighted by atomic mass is 79.9. The van der Waals surface area contributed by atoms with Gasteiger partial charge in [0.05, 0.1) is 16.0 Å². The van der Waals surface area contributed by atoms with E-state index in [-0.39, 0.29) is 17.1 Å². The van der Waals surface area contributed by atoms with Gasteiger partial charge in [-0.25, -0.2) is 4.79 Å². The van der Waals surface area contributed by atoms with E-state index in [2.05, 4.69) is 20.9 Å². The van der Waals surface area contributed by atoms with Gasteiger partial charge in [0.2, 0.25) is 0 Å². The van der Waals surface area contributed by atoms with E-state index < -0.39 is 16.2 Å². The van der Waals surface area contributed by atoms with E-state index in [1.165, 1.54) is 25.2 Å². The van der Waals surface area contributed by atoms with Crippen LogP contribution in [0.3, 0.4) is 0 Å². The quantitative estimate of drug-likeness (QED) is 0.278. The van der Waals surface area contributed by atoms with Crippen LogP contribution in [0.15, 0.2) is 62.6 Å². The molecule has 0 bridgehead atoms. The maximum Gasteiger partial charge on any atom is 0.352 e. The molecule has 8 nitrogen and oxygen atoms in total. The number of fused-ring (bicyclic) bond motifs is 2. The van der Waals surface area contributed by atoms with Gasteiger partial charge in [0.1, 0.15) is 0 Å². The zero-order chi connectivity index (χ0) is 19.3. The van der Waals surface area contributed by atoms with Crippen molar-refractivity contribution in [1.29, 1.82) is 0 Å². The van der Waals surface area contributed by atoms with Crippen molar-refractivity contribution in [2.75, 3.05) is 0 Å². The number of rotatable bonds is 2. The molecule has 0 fully saturated rings. The van der Waals surface area contributed by atoms with Crippen LogP contribution in [0.4, 0.5) is 5.69 Å². The summed E-state index contributed by atoms with van der Waals surface area (Å²) in [7, 11) is 1.35. The fraction of sp³-hybridized carbons (Fsp3) is 0.0556. The number of halogens is 1. The van der Waals surface area contributed by atoms with Gasteiger partial charge in [0, 0.05) is 34.7 Å². The number of nitrogens with zero attached hydrogens (tertiary/aromatic N) is 4. The molecule has 0 amide bonds. The van der Waals surface area contributed by atoms with E-state index >= 15 is 0 Å². The van der Waals surface area contributed by atoms with Gasteiger partial charge in [-0.15, -0.1) is 0 Å². The Hall–Kier alpha value is -3.33. The Morgan fingerprint density at radius 2 is 1.89 bits per heavy atom. The summed E-state index contributed by atoms with van der Waals surface area (Å²) in [4.78, 5) is 39.5. The van der Waals surface area contributed by atoms with Crippen LogP contribution in [0.5, 0.6) is 0 Å². The highest BCUT2D eigenvalue weighted by Gasteiger charge is 2.21. The molecular weight excluding hydrogens is 416 g/mol. The van der Waals surface area contributed by atoms with Gasteiger partial charge in [-0.3, -0.25) is 24.0 Å². The minimum absolute atomic E-state index is 0.0899. The molecule has 2 aromatic rings. The zero-order valence-electron chi connectivity index (χ0n) is 13.9. The van der Waals surface area contributed by atoms with Crippen LogP contribution in [0.1, 0.15) is 0 Å². The van der Waals surface area contributed by atoms with Gasteiger partial charge in [-0.1, -0.05) is 22.0 Å². The van der Waals surface area contributed by atoms with Crippen LogP contribution < -0.4 is 11.2 Å². The second kappa shape index (κ2) is 6.13. The Labute approximate surface area is 159 Å². The Kier molecular flexibility index (Phi) is 3.88. The molecule has 2 aliphatic heterocycles. The van der Waals surface area contributed by atoms with E-state index in [0.717, 1.165) is 9.04 Å². The van der Waals surface area contributed by atoms with Crippen LogP contribution in [-0.4, -0.2) is 19.0 Å². The lowest BCUT2D eigenvalue weighted by atomic mass is 10.1. The monoisotopic (exact) mass is 426 g/mol. The first kappa shape index (κ1) is 17.1. The van der Waals surface area contributed by atoms with Gasteiger partial charge < -0.3 is 0 Å². The molecule has 0 spiro atoms. The molecule has 0 aliphatic carbocycles. The van der Waals surface area contributed by atoms with Crippen LogP contribution in [0.2, 0.25) is 0 Å². The Bertz CT molecular complexity index is 1330. The molecule has 0 aromatic heterocycles. The van der Waals surface area contributed by atoms with Crippen LogP contribution in [0.25, 0.3) is 28.0 Å². The third-order valence-electron chi connectivity index (χ3n) is 4.31. The third kappa shape index (κ3) is 2.72. The van der Waals surface area contributed by atoms with Crippen molar-refractivity contribution >= 4 is 32.5 Å². The van der Waals surface area contributed by atoms with Crippen molar-refractivity contribution in [1.82, 2.24) is 14.1 Å². The molecule has 0 atom stereocenters.